The quantitative estimate of drug-likeness (QED) is 0.568. The molecule has 0 radical (unpaired) electrons. The number of aromatic nitrogens is 5. The average Bonchev–Trinajstić information content (AvgIpc) is 3.43. The molecule has 2 aliphatic rings. The van der Waals surface area contributed by atoms with Crippen LogP contribution in [0.25, 0.3) is 11.3 Å². The number of β-lactam (4-membered cyclic amide) rings is 1. The molecule has 2 aromatic heterocycles. The zero-order valence-electron chi connectivity index (χ0n) is 16.8. The maximum Gasteiger partial charge on any atom is 0.257 e. The Labute approximate surface area is 186 Å². The van der Waals surface area contributed by atoms with E-state index >= 15 is 0 Å². The summed E-state index contributed by atoms with van der Waals surface area (Å²) in [6.45, 7) is 5.70. The van der Waals surface area contributed by atoms with E-state index in [0.29, 0.717) is 27.9 Å². The zero-order valence-corrected chi connectivity index (χ0v) is 18.4. The predicted molar refractivity (Wildman–Crippen MR) is 112 cm³/mol. The summed E-state index contributed by atoms with van der Waals surface area (Å²) in [6, 6.07) is 6.08. The van der Waals surface area contributed by atoms with Crippen molar-refractivity contribution in [1.82, 2.24) is 36.0 Å². The van der Waals surface area contributed by atoms with Gasteiger partial charge < -0.3 is 14.7 Å². The van der Waals surface area contributed by atoms with E-state index in [-0.39, 0.29) is 27.6 Å². The van der Waals surface area contributed by atoms with Crippen LogP contribution >= 0.6 is 23.4 Å². The first-order chi connectivity index (χ1) is 14.8. The average molecular weight is 460 g/mol. The van der Waals surface area contributed by atoms with Gasteiger partial charge >= 0.3 is 0 Å². The van der Waals surface area contributed by atoms with Crippen LogP contribution in [-0.4, -0.2) is 58.7 Å². The number of aromatic amines is 1. The Bertz CT molecular complexity index is 1180. The number of hydrogen-bond donors (Lipinski definition) is 2. The van der Waals surface area contributed by atoms with Crippen molar-refractivity contribution in [3.63, 3.8) is 0 Å². The standard InChI is InChI=1S/C19H18ClN7O3S/c1-8-11(12(24-30-8)9-6-4-5-7-10(9)20)16(28)21-13-17(29)27-14(15-22-25-26-23-15)19(2,3)31-18(13)27/h4-7,13-14,18H,1-3H3,(H,21,28)(H,22,23,25,26). The fourth-order valence-corrected chi connectivity index (χ4v) is 6.02. The van der Waals surface area contributed by atoms with Crippen molar-refractivity contribution in [2.45, 2.75) is 43.0 Å². The van der Waals surface area contributed by atoms with Crippen molar-refractivity contribution in [3.8, 4) is 11.3 Å². The number of rotatable bonds is 4. The SMILES string of the molecule is Cc1onc(-c2ccccc2Cl)c1C(=O)NC1C(=O)N2C1SC(C)(C)C2c1nnn[nH]1. The number of thioether (sulfide) groups is 1. The number of amides is 2. The molecule has 0 aliphatic carbocycles. The fraction of sp³-hybridized carbons (Fsp3) is 0.368. The number of fused-ring (bicyclic) bond motifs is 1. The van der Waals surface area contributed by atoms with Gasteiger partial charge in [0.05, 0.1) is 5.02 Å². The number of H-pyrrole nitrogens is 1. The molecule has 4 heterocycles. The first kappa shape index (κ1) is 20.0. The summed E-state index contributed by atoms with van der Waals surface area (Å²) >= 11 is 7.88. The van der Waals surface area contributed by atoms with Crippen LogP contribution in [0.1, 0.15) is 41.8 Å². The van der Waals surface area contributed by atoms with Gasteiger partial charge in [-0.15, -0.1) is 16.9 Å². The third-order valence-corrected chi connectivity index (χ3v) is 7.47. The van der Waals surface area contributed by atoms with Gasteiger partial charge in [-0.1, -0.05) is 35.0 Å². The molecule has 2 aliphatic heterocycles. The number of benzene rings is 1. The van der Waals surface area contributed by atoms with Gasteiger partial charge in [0.1, 0.15) is 34.5 Å². The minimum absolute atomic E-state index is 0.189. The minimum Gasteiger partial charge on any atom is -0.360 e. The van der Waals surface area contributed by atoms with Gasteiger partial charge in [0.15, 0.2) is 5.82 Å². The number of nitrogens with one attached hydrogen (secondary N) is 2. The summed E-state index contributed by atoms with van der Waals surface area (Å²) in [5, 5.41) is 21.1. The van der Waals surface area contributed by atoms with Crippen LogP contribution in [0.4, 0.5) is 0 Å². The lowest BCUT2D eigenvalue weighted by Gasteiger charge is -2.44. The van der Waals surface area contributed by atoms with E-state index in [1.165, 1.54) is 0 Å². The van der Waals surface area contributed by atoms with Gasteiger partial charge in [0, 0.05) is 10.3 Å². The molecule has 0 spiro atoms. The Morgan fingerprint density at radius 2 is 2.13 bits per heavy atom. The van der Waals surface area contributed by atoms with Crippen molar-refractivity contribution in [3.05, 3.63) is 46.4 Å². The number of carbonyl (C=O) groups excluding carboxylic acids is 2. The smallest absolute Gasteiger partial charge is 0.257 e. The van der Waals surface area contributed by atoms with E-state index in [1.807, 2.05) is 13.8 Å². The highest BCUT2D eigenvalue weighted by Gasteiger charge is 2.63. The van der Waals surface area contributed by atoms with Crippen LogP contribution < -0.4 is 5.32 Å². The molecular weight excluding hydrogens is 442 g/mol. The monoisotopic (exact) mass is 459 g/mol. The normalized spacial score (nSPS) is 24.1. The minimum atomic E-state index is -0.675. The summed E-state index contributed by atoms with van der Waals surface area (Å²) in [4.78, 5) is 27.9. The van der Waals surface area contributed by atoms with Gasteiger partial charge in [-0.25, -0.2) is 5.10 Å². The summed E-state index contributed by atoms with van der Waals surface area (Å²) in [6.07, 6.45) is 0. The van der Waals surface area contributed by atoms with E-state index in [2.05, 4.69) is 31.1 Å². The van der Waals surface area contributed by atoms with Crippen LogP contribution in [0, 0.1) is 6.92 Å². The molecule has 2 fully saturated rings. The maximum absolute atomic E-state index is 13.2. The molecule has 2 amide bonds. The molecule has 1 aromatic carbocycles. The predicted octanol–water partition coefficient (Wildman–Crippen LogP) is 2.35. The Kier molecular flexibility index (Phi) is 4.56. The van der Waals surface area contributed by atoms with Crippen LogP contribution in [0.3, 0.4) is 0 Å². The topological polar surface area (TPSA) is 130 Å². The van der Waals surface area contributed by atoms with Gasteiger partial charge in [-0.3, -0.25) is 9.59 Å². The zero-order chi connectivity index (χ0) is 21.9. The molecule has 0 saturated carbocycles. The second-order valence-electron chi connectivity index (χ2n) is 7.94. The fourth-order valence-electron chi connectivity index (χ4n) is 4.16. The molecule has 10 nitrogen and oxygen atoms in total. The van der Waals surface area contributed by atoms with Gasteiger partial charge in [0.2, 0.25) is 5.91 Å². The molecule has 3 aromatic rings. The number of nitrogens with zero attached hydrogens (tertiary/aromatic N) is 5. The summed E-state index contributed by atoms with van der Waals surface area (Å²) in [5.41, 5.74) is 1.19. The maximum atomic E-state index is 13.2. The van der Waals surface area contributed by atoms with Crippen LogP contribution in [0.2, 0.25) is 5.02 Å². The summed E-state index contributed by atoms with van der Waals surface area (Å²) in [7, 11) is 0. The molecule has 5 rings (SSSR count). The Morgan fingerprint density at radius 1 is 1.35 bits per heavy atom. The molecular formula is C19H18ClN7O3S. The van der Waals surface area contributed by atoms with Crippen molar-refractivity contribution in [2.24, 2.45) is 0 Å². The van der Waals surface area contributed by atoms with Gasteiger partial charge in [0.25, 0.3) is 5.91 Å². The molecule has 12 heteroatoms. The van der Waals surface area contributed by atoms with E-state index in [0.717, 1.165) is 0 Å². The van der Waals surface area contributed by atoms with Crippen molar-refractivity contribution in [1.29, 1.82) is 0 Å². The van der Waals surface area contributed by atoms with E-state index in [9.17, 15) is 9.59 Å². The van der Waals surface area contributed by atoms with Gasteiger partial charge in [-0.05, 0) is 37.3 Å². The Hall–Kier alpha value is -2.92. The highest BCUT2D eigenvalue weighted by Crippen LogP contribution is 2.56. The summed E-state index contributed by atoms with van der Waals surface area (Å²) < 4.78 is 4.94. The van der Waals surface area contributed by atoms with Crippen molar-refractivity contribution >= 4 is 35.2 Å². The third kappa shape index (κ3) is 3.02. The second-order valence-corrected chi connectivity index (χ2v) is 10.1. The lowest BCUT2D eigenvalue weighted by Crippen LogP contribution is -2.67. The summed E-state index contributed by atoms with van der Waals surface area (Å²) in [5.74, 6) is 0.246. The number of hydrogen-bond acceptors (Lipinski definition) is 8. The second kappa shape index (κ2) is 7.06. The van der Waals surface area contributed by atoms with Crippen LogP contribution in [0.5, 0.6) is 0 Å². The molecule has 2 saturated heterocycles. The van der Waals surface area contributed by atoms with Crippen LogP contribution in [-0.2, 0) is 4.79 Å². The lowest BCUT2D eigenvalue weighted by molar-refractivity contribution is -0.148. The lowest BCUT2D eigenvalue weighted by atomic mass is 9.95. The Balaban J connectivity index is 1.41. The first-order valence-corrected chi connectivity index (χ1v) is 10.8. The van der Waals surface area contributed by atoms with E-state index in [4.69, 9.17) is 16.1 Å². The third-order valence-electron chi connectivity index (χ3n) is 5.57. The highest BCUT2D eigenvalue weighted by molar-refractivity contribution is 8.01. The van der Waals surface area contributed by atoms with Crippen LogP contribution in [0.15, 0.2) is 28.8 Å². The molecule has 3 atom stereocenters. The molecule has 160 valence electrons. The van der Waals surface area contributed by atoms with E-state index in [1.54, 1.807) is 47.9 Å². The largest absolute Gasteiger partial charge is 0.360 e. The molecule has 2 N–H and O–H groups in total. The molecule has 31 heavy (non-hydrogen) atoms. The number of halogens is 1. The number of aryl methyl sites for hydroxylation is 1. The highest BCUT2D eigenvalue weighted by atomic mass is 35.5. The molecule has 3 unspecified atom stereocenters. The van der Waals surface area contributed by atoms with Crippen molar-refractivity contribution < 1.29 is 14.1 Å². The number of carbonyl (C=O) groups is 2. The van der Waals surface area contributed by atoms with Gasteiger partial charge in [-0.2, -0.15) is 0 Å². The van der Waals surface area contributed by atoms with Crippen molar-refractivity contribution in [2.75, 3.05) is 0 Å². The first-order valence-electron chi connectivity index (χ1n) is 9.55. The van der Waals surface area contributed by atoms with E-state index < -0.39 is 11.9 Å². The molecule has 0 bridgehead atoms. The Morgan fingerprint density at radius 3 is 2.84 bits per heavy atom. The number of tetrazole rings is 1.